The molecule has 0 saturated carbocycles. The van der Waals surface area contributed by atoms with Gasteiger partial charge in [-0.1, -0.05) is 53.1 Å². The van der Waals surface area contributed by atoms with Gasteiger partial charge in [0.15, 0.2) is 0 Å². The largest absolute Gasteiger partial charge is 2.00 e. The third-order valence-electron chi connectivity index (χ3n) is 1.61. The topological polar surface area (TPSA) is 0 Å². The maximum Gasteiger partial charge on any atom is 2.00 e. The molecule has 0 heterocycles. The van der Waals surface area contributed by atoms with Crippen molar-refractivity contribution in [3.8, 4) is 0 Å². The first-order chi connectivity index (χ1) is 8.12. The second-order valence-corrected chi connectivity index (χ2v) is 15.8. The minimum absolute atomic E-state index is 0. The Hall–Kier alpha value is 0.857. The van der Waals surface area contributed by atoms with E-state index in [1.165, 1.54) is 0 Å². The SMILES string of the molecule is CC=CC=[C-][Si](C)(C)C.CC=CC=[C-][Si](C)(C)C.Cl.Cl.[Zr+2]. The molecule has 0 N–H and O–H groups in total. The number of rotatable bonds is 4. The van der Waals surface area contributed by atoms with Crippen LogP contribution < -0.4 is 0 Å². The third-order valence-corrected chi connectivity index (χ3v) is 3.68. The van der Waals surface area contributed by atoms with Crippen molar-refractivity contribution in [2.75, 3.05) is 0 Å². The molecular formula is C16H32Cl2Si2Zr. The van der Waals surface area contributed by atoms with Crippen LogP contribution in [0.25, 0.3) is 0 Å². The van der Waals surface area contributed by atoms with Crippen LogP contribution in [0.5, 0.6) is 0 Å². The Balaban J connectivity index is -0.0000000711. The molecular weight excluding hydrogens is 410 g/mol. The maximum atomic E-state index is 3.35. The monoisotopic (exact) mass is 440 g/mol. The Labute approximate surface area is 167 Å². The summed E-state index contributed by atoms with van der Waals surface area (Å²) < 4.78 is 0. The molecule has 0 aliphatic heterocycles. The van der Waals surface area contributed by atoms with Gasteiger partial charge in [0.2, 0.25) is 0 Å². The Kier molecular flexibility index (Phi) is 30.1. The summed E-state index contributed by atoms with van der Waals surface area (Å²) in [5, 5.41) is 0. The molecule has 0 aromatic heterocycles. The molecule has 0 aromatic carbocycles. The van der Waals surface area contributed by atoms with Crippen LogP contribution in [0.3, 0.4) is 0 Å². The first kappa shape index (κ1) is 33.5. The summed E-state index contributed by atoms with van der Waals surface area (Å²) in [6.45, 7) is 17.7. The smallest absolute Gasteiger partial charge is 0.279 e. The van der Waals surface area contributed by atoms with Crippen LogP contribution in [0.1, 0.15) is 13.8 Å². The van der Waals surface area contributed by atoms with E-state index in [1.807, 2.05) is 50.3 Å². The van der Waals surface area contributed by atoms with Gasteiger partial charge in [0, 0.05) is 0 Å². The van der Waals surface area contributed by atoms with Crippen molar-refractivity contribution in [1.82, 2.24) is 0 Å². The predicted molar refractivity (Wildman–Crippen MR) is 106 cm³/mol. The summed E-state index contributed by atoms with van der Waals surface area (Å²) in [7, 11) is -2.10. The molecule has 0 saturated heterocycles. The molecule has 0 radical (unpaired) electrons. The summed E-state index contributed by atoms with van der Waals surface area (Å²) >= 11 is 0. The van der Waals surface area contributed by atoms with E-state index in [0.29, 0.717) is 0 Å². The first-order valence-corrected chi connectivity index (χ1v) is 13.6. The molecule has 122 valence electrons. The van der Waals surface area contributed by atoms with Gasteiger partial charge in [0.1, 0.15) is 0 Å². The van der Waals surface area contributed by atoms with Crippen LogP contribution in [-0.2, 0) is 26.2 Å². The zero-order valence-corrected chi connectivity index (χ0v) is 20.9. The molecule has 0 atom stereocenters. The van der Waals surface area contributed by atoms with Gasteiger partial charge in [0.25, 0.3) is 0 Å². The average Bonchev–Trinajstić information content (AvgIpc) is 2.16. The van der Waals surface area contributed by atoms with Crippen molar-refractivity contribution < 1.29 is 26.2 Å². The van der Waals surface area contributed by atoms with Crippen molar-refractivity contribution >= 4 is 41.0 Å². The third kappa shape index (κ3) is 44.9. The molecule has 0 aliphatic rings. The van der Waals surface area contributed by atoms with Crippen molar-refractivity contribution in [3.63, 3.8) is 0 Å². The van der Waals surface area contributed by atoms with Gasteiger partial charge in [-0.15, -0.1) is 24.8 Å². The van der Waals surface area contributed by atoms with E-state index < -0.39 is 16.1 Å². The standard InChI is InChI=1S/2C8H15Si.2ClH.Zr/c2*1-5-6-7-8-9(2,3)4;;;/h2*5-7H,1-4H3;2*1H;/q2*-1;;;+2. The molecule has 0 rings (SSSR count). The number of allylic oxidation sites excluding steroid dienone is 6. The van der Waals surface area contributed by atoms with E-state index in [9.17, 15) is 0 Å². The molecule has 0 amide bonds. The fourth-order valence-electron chi connectivity index (χ4n) is 0.789. The molecule has 0 nitrogen and oxygen atoms in total. The molecule has 0 aromatic rings. The van der Waals surface area contributed by atoms with Crippen LogP contribution in [-0.4, -0.2) is 16.1 Å². The summed E-state index contributed by atoms with van der Waals surface area (Å²) in [4.78, 5) is 0. The van der Waals surface area contributed by atoms with Gasteiger partial charge >= 0.3 is 26.2 Å². The Morgan fingerprint density at radius 3 is 1.00 bits per heavy atom. The second kappa shape index (κ2) is 18.9. The van der Waals surface area contributed by atoms with E-state index >= 15 is 0 Å². The Morgan fingerprint density at radius 2 is 0.857 bits per heavy atom. The second-order valence-electron chi connectivity index (χ2n) is 6.17. The fraction of sp³-hybridized carbons (Fsp3) is 0.500. The summed E-state index contributed by atoms with van der Waals surface area (Å²) in [5.74, 6) is 0. The molecule has 5 heteroatoms. The van der Waals surface area contributed by atoms with Gasteiger partial charge in [-0.3, -0.25) is 11.4 Å². The van der Waals surface area contributed by atoms with Crippen LogP contribution in [0.2, 0.25) is 39.3 Å². The van der Waals surface area contributed by atoms with Gasteiger partial charge in [-0.05, 0) is 16.1 Å². The summed E-state index contributed by atoms with van der Waals surface area (Å²) in [5.41, 5.74) is 6.70. The molecule has 0 fully saturated rings. The average molecular weight is 443 g/mol. The molecule has 0 unspecified atom stereocenters. The van der Waals surface area contributed by atoms with Gasteiger partial charge < -0.3 is 0 Å². The Bertz CT molecular complexity index is 277. The number of hydrogen-bond donors (Lipinski definition) is 0. The minimum Gasteiger partial charge on any atom is -0.279 e. The summed E-state index contributed by atoms with van der Waals surface area (Å²) in [6, 6.07) is 0. The van der Waals surface area contributed by atoms with E-state index in [0.717, 1.165) is 0 Å². The number of hydrogen-bond acceptors (Lipinski definition) is 0. The fourth-order valence-corrected chi connectivity index (χ4v) is 1.98. The van der Waals surface area contributed by atoms with E-state index in [2.05, 4.69) is 50.7 Å². The first-order valence-electron chi connectivity index (χ1n) is 6.57. The van der Waals surface area contributed by atoms with Crippen LogP contribution in [0.4, 0.5) is 0 Å². The van der Waals surface area contributed by atoms with Crippen molar-refractivity contribution in [2.24, 2.45) is 0 Å². The van der Waals surface area contributed by atoms with Gasteiger partial charge in [0.05, 0.1) is 0 Å². The zero-order chi connectivity index (χ0) is 14.7. The van der Waals surface area contributed by atoms with E-state index in [1.54, 1.807) is 0 Å². The van der Waals surface area contributed by atoms with Crippen LogP contribution >= 0.6 is 24.8 Å². The van der Waals surface area contributed by atoms with Gasteiger partial charge in [-0.2, -0.15) is 12.2 Å². The van der Waals surface area contributed by atoms with Crippen molar-refractivity contribution in [2.45, 2.75) is 53.1 Å². The minimum atomic E-state index is -1.05. The quantitative estimate of drug-likeness (QED) is 0.267. The molecule has 0 aliphatic carbocycles. The normalized spacial score (nSPS) is 11.8. The Morgan fingerprint density at radius 1 is 0.619 bits per heavy atom. The number of halogens is 2. The molecule has 0 bridgehead atoms. The maximum absolute atomic E-state index is 3.35. The van der Waals surface area contributed by atoms with E-state index in [-0.39, 0.29) is 51.0 Å². The molecule has 0 spiro atoms. The summed E-state index contributed by atoms with van der Waals surface area (Å²) in [6.07, 6.45) is 12.1. The van der Waals surface area contributed by atoms with Crippen molar-refractivity contribution in [1.29, 1.82) is 0 Å². The predicted octanol–water partition coefficient (Wildman–Crippen LogP) is 6.44. The van der Waals surface area contributed by atoms with E-state index in [4.69, 9.17) is 0 Å². The van der Waals surface area contributed by atoms with Crippen LogP contribution in [0, 0.1) is 11.4 Å². The zero-order valence-electron chi connectivity index (χ0n) is 14.8. The van der Waals surface area contributed by atoms with Crippen molar-refractivity contribution in [3.05, 3.63) is 47.9 Å². The molecule has 21 heavy (non-hydrogen) atoms. The van der Waals surface area contributed by atoms with Gasteiger partial charge in [-0.25, -0.2) is 24.3 Å². The van der Waals surface area contributed by atoms with Crippen LogP contribution in [0.15, 0.2) is 36.5 Å².